The number of imidazole rings is 1. The molecule has 0 saturated carbocycles. The SMILES string of the molecule is C=C(N)c1ccc2c(c1)ncn2-c1cccc(Cl)c1. The van der Waals surface area contributed by atoms with E-state index in [0.717, 1.165) is 22.3 Å². The third-order valence-electron chi connectivity index (χ3n) is 3.00. The van der Waals surface area contributed by atoms with Crippen LogP contribution in [0.4, 0.5) is 0 Å². The van der Waals surface area contributed by atoms with E-state index in [9.17, 15) is 0 Å². The molecule has 0 spiro atoms. The molecule has 2 aromatic carbocycles. The largest absolute Gasteiger partial charge is 0.399 e. The summed E-state index contributed by atoms with van der Waals surface area (Å²) < 4.78 is 1.99. The fraction of sp³-hybridized carbons (Fsp3) is 0. The van der Waals surface area contributed by atoms with Gasteiger partial charge in [0.05, 0.1) is 11.0 Å². The minimum Gasteiger partial charge on any atom is -0.399 e. The molecule has 3 aromatic rings. The molecule has 0 aliphatic carbocycles. The van der Waals surface area contributed by atoms with Crippen LogP contribution in [0.2, 0.25) is 5.02 Å². The van der Waals surface area contributed by atoms with Gasteiger partial charge in [-0.3, -0.25) is 4.57 Å². The van der Waals surface area contributed by atoms with Crippen molar-refractivity contribution in [3.8, 4) is 5.69 Å². The zero-order valence-corrected chi connectivity index (χ0v) is 10.9. The van der Waals surface area contributed by atoms with Gasteiger partial charge in [0.1, 0.15) is 6.33 Å². The molecule has 2 N–H and O–H groups in total. The van der Waals surface area contributed by atoms with E-state index in [1.54, 1.807) is 6.33 Å². The van der Waals surface area contributed by atoms with E-state index in [1.807, 2.05) is 47.0 Å². The first kappa shape index (κ1) is 11.8. The van der Waals surface area contributed by atoms with Crippen molar-refractivity contribution in [1.29, 1.82) is 0 Å². The maximum atomic E-state index is 6.02. The van der Waals surface area contributed by atoms with Gasteiger partial charge < -0.3 is 5.73 Å². The number of nitrogens with two attached hydrogens (primary N) is 1. The molecule has 0 atom stereocenters. The number of benzene rings is 2. The molecule has 4 heteroatoms. The van der Waals surface area contributed by atoms with Crippen LogP contribution in [0.25, 0.3) is 22.4 Å². The van der Waals surface area contributed by atoms with Crippen molar-refractivity contribution < 1.29 is 0 Å². The molecule has 3 nitrogen and oxygen atoms in total. The van der Waals surface area contributed by atoms with Gasteiger partial charge in [0.15, 0.2) is 0 Å². The summed E-state index contributed by atoms with van der Waals surface area (Å²) >= 11 is 6.02. The number of rotatable bonds is 2. The molecule has 0 radical (unpaired) electrons. The first-order valence-corrected chi connectivity index (χ1v) is 6.21. The Hall–Kier alpha value is -2.26. The van der Waals surface area contributed by atoms with Gasteiger partial charge in [0, 0.05) is 16.4 Å². The Labute approximate surface area is 115 Å². The second kappa shape index (κ2) is 4.44. The van der Waals surface area contributed by atoms with E-state index in [-0.39, 0.29) is 0 Å². The standard InChI is InChI=1S/C15H12ClN3/c1-10(17)11-5-6-15-14(7-11)18-9-19(15)13-4-2-3-12(16)8-13/h2-9H,1,17H2. The molecule has 0 saturated heterocycles. The van der Waals surface area contributed by atoms with Gasteiger partial charge in [-0.25, -0.2) is 4.98 Å². The van der Waals surface area contributed by atoms with E-state index in [0.29, 0.717) is 10.7 Å². The average Bonchev–Trinajstić information content (AvgIpc) is 2.81. The van der Waals surface area contributed by atoms with Crippen molar-refractivity contribution in [2.75, 3.05) is 0 Å². The van der Waals surface area contributed by atoms with Gasteiger partial charge in [-0.05, 0) is 35.9 Å². The highest BCUT2D eigenvalue weighted by atomic mass is 35.5. The van der Waals surface area contributed by atoms with Crippen molar-refractivity contribution in [2.45, 2.75) is 0 Å². The van der Waals surface area contributed by atoms with E-state index in [2.05, 4.69) is 11.6 Å². The number of aromatic nitrogens is 2. The summed E-state index contributed by atoms with van der Waals surface area (Å²) in [6.07, 6.45) is 1.78. The average molecular weight is 270 g/mol. The Balaban J connectivity index is 2.18. The Morgan fingerprint density at radius 2 is 2.05 bits per heavy atom. The number of fused-ring (bicyclic) bond motifs is 1. The third kappa shape index (κ3) is 2.09. The topological polar surface area (TPSA) is 43.8 Å². The van der Waals surface area contributed by atoms with Crippen molar-refractivity contribution >= 4 is 28.3 Å². The molecule has 0 unspecified atom stereocenters. The van der Waals surface area contributed by atoms with Gasteiger partial charge in [-0.2, -0.15) is 0 Å². The fourth-order valence-electron chi connectivity index (χ4n) is 2.04. The van der Waals surface area contributed by atoms with Crippen LogP contribution in [0.1, 0.15) is 5.56 Å². The Morgan fingerprint density at radius 3 is 2.79 bits per heavy atom. The van der Waals surface area contributed by atoms with E-state index in [4.69, 9.17) is 17.3 Å². The lowest BCUT2D eigenvalue weighted by Gasteiger charge is -2.05. The molecule has 3 rings (SSSR count). The molecular formula is C15H12ClN3. The molecular weight excluding hydrogens is 258 g/mol. The zero-order valence-electron chi connectivity index (χ0n) is 10.2. The lowest BCUT2D eigenvalue weighted by Crippen LogP contribution is -1.94. The van der Waals surface area contributed by atoms with Crippen LogP contribution in [0.15, 0.2) is 55.4 Å². The number of hydrogen-bond acceptors (Lipinski definition) is 2. The predicted molar refractivity (Wildman–Crippen MR) is 79.3 cm³/mol. The normalized spacial score (nSPS) is 10.8. The van der Waals surface area contributed by atoms with Gasteiger partial charge >= 0.3 is 0 Å². The number of hydrogen-bond donors (Lipinski definition) is 1. The molecule has 1 aromatic heterocycles. The highest BCUT2D eigenvalue weighted by Gasteiger charge is 2.06. The minimum absolute atomic E-state index is 0.541. The van der Waals surface area contributed by atoms with Crippen molar-refractivity contribution in [1.82, 2.24) is 9.55 Å². The molecule has 0 aliphatic rings. The Bertz CT molecular complexity index is 774. The van der Waals surface area contributed by atoms with Crippen LogP contribution in [-0.2, 0) is 0 Å². The van der Waals surface area contributed by atoms with Crippen molar-refractivity contribution in [2.24, 2.45) is 5.73 Å². The van der Waals surface area contributed by atoms with Crippen LogP contribution >= 0.6 is 11.6 Å². The molecule has 19 heavy (non-hydrogen) atoms. The Morgan fingerprint density at radius 1 is 1.21 bits per heavy atom. The molecule has 94 valence electrons. The summed E-state index contributed by atoms with van der Waals surface area (Å²) in [6, 6.07) is 13.5. The molecule has 0 bridgehead atoms. The summed E-state index contributed by atoms with van der Waals surface area (Å²) in [7, 11) is 0. The maximum Gasteiger partial charge on any atom is 0.100 e. The Kier molecular flexibility index (Phi) is 2.76. The van der Waals surface area contributed by atoms with Gasteiger partial charge in [0.25, 0.3) is 0 Å². The van der Waals surface area contributed by atoms with Gasteiger partial charge in [-0.1, -0.05) is 30.3 Å². The third-order valence-corrected chi connectivity index (χ3v) is 3.24. The summed E-state index contributed by atoms with van der Waals surface area (Å²) in [5.41, 5.74) is 10.00. The summed E-state index contributed by atoms with van der Waals surface area (Å²) in [6.45, 7) is 3.73. The summed E-state index contributed by atoms with van der Waals surface area (Å²) in [5, 5.41) is 0.700. The highest BCUT2D eigenvalue weighted by molar-refractivity contribution is 6.30. The summed E-state index contributed by atoms with van der Waals surface area (Å²) in [5.74, 6) is 0. The fourth-order valence-corrected chi connectivity index (χ4v) is 2.23. The van der Waals surface area contributed by atoms with Crippen LogP contribution in [0.5, 0.6) is 0 Å². The monoisotopic (exact) mass is 269 g/mol. The van der Waals surface area contributed by atoms with E-state index < -0.39 is 0 Å². The van der Waals surface area contributed by atoms with Gasteiger partial charge in [0.2, 0.25) is 0 Å². The van der Waals surface area contributed by atoms with Crippen LogP contribution < -0.4 is 5.73 Å². The van der Waals surface area contributed by atoms with Crippen LogP contribution in [0, 0.1) is 0 Å². The van der Waals surface area contributed by atoms with Gasteiger partial charge in [-0.15, -0.1) is 0 Å². The second-order valence-electron chi connectivity index (χ2n) is 4.32. The maximum absolute atomic E-state index is 6.02. The quantitative estimate of drug-likeness (QED) is 0.772. The first-order chi connectivity index (χ1) is 9.15. The predicted octanol–water partition coefficient (Wildman–Crippen LogP) is 3.61. The zero-order chi connectivity index (χ0) is 13.4. The van der Waals surface area contributed by atoms with E-state index >= 15 is 0 Å². The lowest BCUT2D eigenvalue weighted by molar-refractivity contribution is 1.09. The molecule has 1 heterocycles. The minimum atomic E-state index is 0.541. The van der Waals surface area contributed by atoms with Crippen molar-refractivity contribution in [3.05, 3.63) is 66.0 Å². The second-order valence-corrected chi connectivity index (χ2v) is 4.76. The summed E-state index contributed by atoms with van der Waals surface area (Å²) in [4.78, 5) is 4.39. The van der Waals surface area contributed by atoms with Crippen molar-refractivity contribution in [3.63, 3.8) is 0 Å². The number of halogens is 1. The first-order valence-electron chi connectivity index (χ1n) is 5.83. The lowest BCUT2D eigenvalue weighted by atomic mass is 10.1. The van der Waals surface area contributed by atoms with Crippen LogP contribution in [-0.4, -0.2) is 9.55 Å². The smallest absolute Gasteiger partial charge is 0.100 e. The highest BCUT2D eigenvalue weighted by Crippen LogP contribution is 2.22. The van der Waals surface area contributed by atoms with Crippen LogP contribution in [0.3, 0.4) is 0 Å². The van der Waals surface area contributed by atoms with E-state index in [1.165, 1.54) is 0 Å². The number of nitrogens with zero attached hydrogens (tertiary/aromatic N) is 2. The molecule has 0 aliphatic heterocycles. The molecule has 0 amide bonds. The molecule has 0 fully saturated rings.